The van der Waals surface area contributed by atoms with E-state index in [1.54, 1.807) is 36.4 Å². The van der Waals surface area contributed by atoms with Crippen LogP contribution in [0.3, 0.4) is 0 Å². The van der Waals surface area contributed by atoms with Crippen molar-refractivity contribution in [2.45, 2.75) is 37.4 Å². The van der Waals surface area contributed by atoms with Gasteiger partial charge < -0.3 is 36.8 Å². The first-order chi connectivity index (χ1) is 20.1. The molecule has 0 heterocycles. The van der Waals surface area contributed by atoms with Crippen LogP contribution in [0.2, 0.25) is 0 Å². The second kappa shape index (κ2) is 16.6. The Hall–Kier alpha value is -0.190. The molecule has 0 aliphatic heterocycles. The Morgan fingerprint density at radius 1 is 0.581 bits per heavy atom. The minimum Gasteiger partial charge on any atom is -0.506 e. The van der Waals surface area contributed by atoms with Crippen molar-refractivity contribution in [3.63, 3.8) is 0 Å². The van der Waals surface area contributed by atoms with E-state index in [0.29, 0.717) is 32.5 Å². The number of benzene rings is 3. The first-order valence-corrected chi connectivity index (χ1v) is 18.6. The van der Waals surface area contributed by atoms with Crippen LogP contribution in [0.4, 0.5) is 0 Å². The van der Waals surface area contributed by atoms with Gasteiger partial charge in [-0.25, -0.2) is 4.79 Å². The molecule has 0 saturated heterocycles. The second-order valence-electron chi connectivity index (χ2n) is 9.40. The first kappa shape index (κ1) is 37.3. The Kier molecular flexibility index (Phi) is 14.4. The quantitative estimate of drug-likeness (QED) is 0.133. The van der Waals surface area contributed by atoms with Gasteiger partial charge in [0.1, 0.15) is 29.3 Å². The summed E-state index contributed by atoms with van der Waals surface area (Å²) in [4.78, 5) is 39.0. The molecule has 10 nitrogen and oxygen atoms in total. The van der Waals surface area contributed by atoms with Crippen LogP contribution >= 0.6 is 136 Å². The van der Waals surface area contributed by atoms with E-state index in [0.717, 1.165) is 5.56 Å². The van der Waals surface area contributed by atoms with Crippen molar-refractivity contribution in [3.05, 3.63) is 74.5 Å². The molecule has 3 atom stereocenters. The molecule has 0 aliphatic carbocycles. The largest absolute Gasteiger partial charge is 0.506 e. The van der Waals surface area contributed by atoms with Gasteiger partial charge in [-0.05, 0) is 195 Å². The molecule has 230 valence electrons. The fraction of sp³-hybridized carbons (Fsp3) is 0.222. The summed E-state index contributed by atoms with van der Waals surface area (Å²) < 4.78 is 3.42. The molecule has 0 unspecified atom stereocenters. The molecule has 3 aromatic rings. The summed E-state index contributed by atoms with van der Waals surface area (Å²) in [5.74, 6) is -2.27. The molecule has 0 bridgehead atoms. The Labute approximate surface area is 329 Å². The van der Waals surface area contributed by atoms with Crippen molar-refractivity contribution in [1.82, 2.24) is 10.6 Å². The minimum atomic E-state index is -1.32. The molecule has 0 aliphatic rings. The maximum Gasteiger partial charge on any atom is 0.326 e. The highest BCUT2D eigenvalue weighted by molar-refractivity contribution is 14.1. The van der Waals surface area contributed by atoms with Crippen molar-refractivity contribution in [3.8, 4) is 17.2 Å². The monoisotopic (exact) mass is 1260 g/mol. The van der Waals surface area contributed by atoms with Gasteiger partial charge >= 0.3 is 5.97 Å². The average molecular weight is 1260 g/mol. The van der Waals surface area contributed by atoms with Crippen LogP contribution in [0, 0.1) is 21.4 Å². The lowest BCUT2D eigenvalue weighted by Crippen LogP contribution is -2.55. The molecule has 3 rings (SSSR count). The number of hydrogen-bond donors (Lipinski definition) is 7. The number of carbonyl (C=O) groups is 3. The van der Waals surface area contributed by atoms with Crippen molar-refractivity contribution in [1.29, 1.82) is 0 Å². The van der Waals surface area contributed by atoms with Gasteiger partial charge in [0.15, 0.2) is 0 Å². The summed E-state index contributed by atoms with van der Waals surface area (Å²) >= 11 is 11.8. The van der Waals surface area contributed by atoms with Gasteiger partial charge in [0, 0.05) is 12.8 Å². The van der Waals surface area contributed by atoms with Crippen LogP contribution in [-0.4, -0.2) is 56.3 Å². The maximum absolute atomic E-state index is 13.6. The number of aromatic hydroxyl groups is 3. The second-order valence-corrected chi connectivity index (χ2v) is 16.4. The zero-order valence-corrected chi connectivity index (χ0v) is 34.6. The number of nitrogens with two attached hydrogens (primary N) is 1. The third kappa shape index (κ3) is 10.4. The van der Waals surface area contributed by atoms with Crippen LogP contribution < -0.4 is 16.4 Å². The van der Waals surface area contributed by atoms with Crippen LogP contribution in [-0.2, 0) is 33.6 Å². The third-order valence-corrected chi connectivity index (χ3v) is 11.1. The fourth-order valence-corrected chi connectivity index (χ4v) is 9.68. The molecular formula is C27H23I6N3O7. The number of amides is 2. The van der Waals surface area contributed by atoms with E-state index in [1.807, 2.05) is 136 Å². The number of carbonyl (C=O) groups excluding carboxylic acids is 2. The molecule has 16 heteroatoms. The van der Waals surface area contributed by atoms with Crippen molar-refractivity contribution in [2.24, 2.45) is 5.73 Å². The van der Waals surface area contributed by atoms with E-state index < -0.39 is 35.9 Å². The van der Waals surface area contributed by atoms with Crippen LogP contribution in [0.1, 0.15) is 16.7 Å². The van der Waals surface area contributed by atoms with Crippen LogP contribution in [0.25, 0.3) is 0 Å². The van der Waals surface area contributed by atoms with E-state index in [-0.39, 0.29) is 36.5 Å². The van der Waals surface area contributed by atoms with Gasteiger partial charge in [-0.15, -0.1) is 0 Å². The number of halogens is 6. The molecule has 2 amide bonds. The molecule has 0 spiro atoms. The van der Waals surface area contributed by atoms with E-state index in [2.05, 4.69) is 10.6 Å². The number of aliphatic carboxylic acids is 1. The van der Waals surface area contributed by atoms with E-state index in [4.69, 9.17) is 5.73 Å². The van der Waals surface area contributed by atoms with E-state index in [1.165, 1.54) is 0 Å². The number of hydrogen-bond acceptors (Lipinski definition) is 7. The lowest BCUT2D eigenvalue weighted by molar-refractivity contribution is -0.142. The topological polar surface area (TPSA) is 182 Å². The van der Waals surface area contributed by atoms with Crippen molar-refractivity contribution in [2.75, 3.05) is 0 Å². The summed E-state index contributed by atoms with van der Waals surface area (Å²) in [6, 6.07) is 6.55. The first-order valence-electron chi connectivity index (χ1n) is 12.2. The Balaban J connectivity index is 1.86. The summed E-state index contributed by atoms with van der Waals surface area (Å²) in [5, 5.41) is 45.5. The summed E-state index contributed by atoms with van der Waals surface area (Å²) in [6.07, 6.45) is 0.0882. The van der Waals surface area contributed by atoms with Crippen LogP contribution in [0.5, 0.6) is 17.2 Å². The molecule has 0 saturated carbocycles. The van der Waals surface area contributed by atoms with Crippen LogP contribution in [0.15, 0.2) is 36.4 Å². The molecule has 43 heavy (non-hydrogen) atoms. The summed E-state index contributed by atoms with van der Waals surface area (Å²) in [5.41, 5.74) is 8.19. The van der Waals surface area contributed by atoms with Gasteiger partial charge in [0.05, 0.1) is 27.5 Å². The third-order valence-electron chi connectivity index (χ3n) is 6.15. The maximum atomic E-state index is 13.6. The van der Waals surface area contributed by atoms with Gasteiger partial charge in [-0.1, -0.05) is 0 Å². The number of nitrogens with one attached hydrogen (secondary N) is 2. The SMILES string of the molecule is N[C@@H](Cc1cc(I)c(O)c(I)c1)C(=O)N[C@@H](Cc1cc(I)c(O)c(I)c1)C(=O)N[C@@H](Cc1cc(I)c(O)c(I)c1)C(=O)O. The van der Waals surface area contributed by atoms with Gasteiger partial charge in [-0.3, -0.25) is 9.59 Å². The van der Waals surface area contributed by atoms with Gasteiger partial charge in [0.25, 0.3) is 0 Å². The molecule has 0 radical (unpaired) electrons. The van der Waals surface area contributed by atoms with Crippen molar-refractivity contribution >= 4 is 153 Å². The minimum absolute atomic E-state index is 0.00687. The van der Waals surface area contributed by atoms with E-state index in [9.17, 15) is 34.8 Å². The fourth-order valence-electron chi connectivity index (χ4n) is 3.99. The molecule has 0 aromatic heterocycles. The summed E-state index contributed by atoms with van der Waals surface area (Å²) in [7, 11) is 0. The number of carboxylic acids is 1. The highest BCUT2D eigenvalue weighted by Crippen LogP contribution is 2.30. The molecular weight excluding hydrogens is 1240 g/mol. The van der Waals surface area contributed by atoms with E-state index >= 15 is 0 Å². The number of phenolic OH excluding ortho intramolecular Hbond substituents is 3. The standard InChI is InChI=1S/C27H23I6N3O7/c28-13-1-10(2-14(29)22(13)37)7-19(34)25(40)35-20(8-11-3-15(30)23(38)16(31)4-11)26(41)36-21(27(42)43)9-12-5-17(32)24(39)18(33)6-12/h1-6,19-21,37-39H,7-9,34H2,(H,35,40)(H,36,41)(H,42,43)/t19-,20-,21-/m0/s1. The zero-order chi connectivity index (χ0) is 32.2. The summed E-state index contributed by atoms with van der Waals surface area (Å²) in [6.45, 7) is 0. The average Bonchev–Trinajstić information content (AvgIpc) is 2.92. The predicted molar refractivity (Wildman–Crippen MR) is 211 cm³/mol. The highest BCUT2D eigenvalue weighted by Gasteiger charge is 2.29. The van der Waals surface area contributed by atoms with Gasteiger partial charge in [-0.2, -0.15) is 0 Å². The Morgan fingerprint density at radius 3 is 1.23 bits per heavy atom. The number of carboxylic acid groups (broad SMARTS) is 1. The smallest absolute Gasteiger partial charge is 0.326 e. The number of phenols is 3. The van der Waals surface area contributed by atoms with Gasteiger partial charge in [0.2, 0.25) is 11.8 Å². The predicted octanol–water partition coefficient (Wildman–Crippen LogP) is 4.84. The lowest BCUT2D eigenvalue weighted by Gasteiger charge is -2.24. The lowest BCUT2D eigenvalue weighted by atomic mass is 10.0. The number of rotatable bonds is 11. The van der Waals surface area contributed by atoms with Crippen molar-refractivity contribution < 1.29 is 34.8 Å². The Morgan fingerprint density at radius 2 is 0.884 bits per heavy atom. The zero-order valence-electron chi connectivity index (χ0n) is 21.7. The highest BCUT2D eigenvalue weighted by atomic mass is 127. The molecule has 8 N–H and O–H groups in total. The molecule has 3 aromatic carbocycles. The molecule has 0 fully saturated rings. The Bertz CT molecular complexity index is 1500. The normalized spacial score (nSPS) is 13.2.